The highest BCUT2D eigenvalue weighted by atomic mass is 32.2. The van der Waals surface area contributed by atoms with E-state index in [0.717, 1.165) is 12.8 Å². The van der Waals surface area contributed by atoms with Gasteiger partial charge in [-0.05, 0) is 43.7 Å². The third kappa shape index (κ3) is 5.33. The van der Waals surface area contributed by atoms with E-state index in [0.29, 0.717) is 16.9 Å². The molecule has 0 heterocycles. The summed E-state index contributed by atoms with van der Waals surface area (Å²) in [5, 5.41) is 2.96. The van der Waals surface area contributed by atoms with Crippen molar-refractivity contribution in [3.8, 4) is 5.75 Å². The van der Waals surface area contributed by atoms with Gasteiger partial charge < -0.3 is 10.1 Å². The molecule has 0 radical (unpaired) electrons. The van der Waals surface area contributed by atoms with Crippen LogP contribution in [-0.2, 0) is 16.6 Å². The quantitative estimate of drug-likeness (QED) is 0.695. The molecule has 2 aromatic carbocycles. The molecule has 0 unspecified atom stereocenters. The van der Waals surface area contributed by atoms with Crippen molar-refractivity contribution in [3.63, 3.8) is 0 Å². The lowest BCUT2D eigenvalue weighted by atomic mass is 10.1. The highest BCUT2D eigenvalue weighted by Gasteiger charge is 2.22. The highest BCUT2D eigenvalue weighted by Crippen LogP contribution is 2.24. The van der Waals surface area contributed by atoms with Gasteiger partial charge in [-0.2, -0.15) is 4.31 Å². The molecule has 2 rings (SSSR count). The molecule has 0 saturated carbocycles. The number of hydrogen-bond acceptors (Lipinski definition) is 4. The summed E-state index contributed by atoms with van der Waals surface area (Å²) in [6.07, 6.45) is 1.88. The molecule has 0 aromatic heterocycles. The normalized spacial score (nSPS) is 12.6. The van der Waals surface area contributed by atoms with Crippen molar-refractivity contribution >= 4 is 15.9 Å². The minimum Gasteiger partial charge on any atom is -0.496 e. The van der Waals surface area contributed by atoms with Gasteiger partial charge in [0.1, 0.15) is 5.75 Å². The van der Waals surface area contributed by atoms with Crippen LogP contribution in [0.4, 0.5) is 0 Å². The van der Waals surface area contributed by atoms with Gasteiger partial charge in [0.15, 0.2) is 0 Å². The van der Waals surface area contributed by atoms with E-state index in [2.05, 4.69) is 12.2 Å². The largest absolute Gasteiger partial charge is 0.496 e. The summed E-state index contributed by atoms with van der Waals surface area (Å²) < 4.78 is 32.2. The van der Waals surface area contributed by atoms with Crippen LogP contribution in [0.15, 0.2) is 53.4 Å². The second kappa shape index (κ2) is 9.71. The van der Waals surface area contributed by atoms with E-state index in [4.69, 9.17) is 4.74 Å². The Morgan fingerprint density at radius 2 is 1.86 bits per heavy atom. The van der Waals surface area contributed by atoms with Crippen molar-refractivity contribution in [1.29, 1.82) is 0 Å². The summed E-state index contributed by atoms with van der Waals surface area (Å²) in [5.41, 5.74) is 1.10. The van der Waals surface area contributed by atoms with Crippen molar-refractivity contribution in [1.82, 2.24) is 9.62 Å². The van der Waals surface area contributed by atoms with Crippen LogP contribution in [0.2, 0.25) is 0 Å². The minimum atomic E-state index is -3.64. The van der Waals surface area contributed by atoms with Gasteiger partial charge in [0.25, 0.3) is 5.91 Å². The molecule has 0 aliphatic heterocycles. The maximum Gasteiger partial charge on any atom is 0.251 e. The van der Waals surface area contributed by atoms with Crippen LogP contribution < -0.4 is 10.1 Å². The van der Waals surface area contributed by atoms with E-state index >= 15 is 0 Å². The van der Waals surface area contributed by atoms with E-state index in [1.165, 1.54) is 18.5 Å². The molecule has 0 spiro atoms. The number of sulfonamides is 1. The SMILES string of the molecule is CCC[C@@H](C)NC(=O)c1ccc(OC)c(CN(C)S(=O)(=O)c2ccccc2)c1. The summed E-state index contributed by atoms with van der Waals surface area (Å²) in [6, 6.07) is 13.4. The summed E-state index contributed by atoms with van der Waals surface area (Å²) in [5.74, 6) is 0.353. The number of benzene rings is 2. The molecule has 152 valence electrons. The van der Waals surface area contributed by atoms with E-state index in [-0.39, 0.29) is 23.4 Å². The van der Waals surface area contributed by atoms with Crippen LogP contribution in [0.25, 0.3) is 0 Å². The molecule has 0 saturated heterocycles. The number of methoxy groups -OCH3 is 1. The lowest BCUT2D eigenvalue weighted by Gasteiger charge is -2.20. The number of carbonyl (C=O) groups excluding carboxylic acids is 1. The monoisotopic (exact) mass is 404 g/mol. The Bertz CT molecular complexity index is 898. The molecule has 0 aliphatic carbocycles. The highest BCUT2D eigenvalue weighted by molar-refractivity contribution is 7.89. The molecular weight excluding hydrogens is 376 g/mol. The average Bonchev–Trinajstić information content (AvgIpc) is 2.68. The van der Waals surface area contributed by atoms with Crippen molar-refractivity contribution in [2.45, 2.75) is 44.2 Å². The lowest BCUT2D eigenvalue weighted by Crippen LogP contribution is -2.32. The zero-order valence-electron chi connectivity index (χ0n) is 16.8. The van der Waals surface area contributed by atoms with Crippen LogP contribution in [0.1, 0.15) is 42.6 Å². The zero-order chi connectivity index (χ0) is 20.7. The molecule has 7 heteroatoms. The summed E-state index contributed by atoms with van der Waals surface area (Å²) in [6.45, 7) is 4.12. The van der Waals surface area contributed by atoms with E-state index in [1.54, 1.807) is 48.5 Å². The Hall–Kier alpha value is -2.38. The maximum absolute atomic E-state index is 12.8. The first-order valence-electron chi connectivity index (χ1n) is 9.28. The molecule has 0 fully saturated rings. The Morgan fingerprint density at radius 1 is 1.18 bits per heavy atom. The van der Waals surface area contributed by atoms with Crippen molar-refractivity contribution in [2.24, 2.45) is 0 Å². The van der Waals surface area contributed by atoms with Gasteiger partial charge in [-0.25, -0.2) is 8.42 Å². The lowest BCUT2D eigenvalue weighted by molar-refractivity contribution is 0.0938. The van der Waals surface area contributed by atoms with Crippen LogP contribution >= 0.6 is 0 Å². The van der Waals surface area contributed by atoms with Gasteiger partial charge >= 0.3 is 0 Å². The van der Waals surface area contributed by atoms with Gasteiger partial charge in [-0.1, -0.05) is 31.5 Å². The van der Waals surface area contributed by atoms with Gasteiger partial charge in [-0.15, -0.1) is 0 Å². The third-order valence-electron chi connectivity index (χ3n) is 4.49. The smallest absolute Gasteiger partial charge is 0.251 e. The second-order valence-electron chi connectivity index (χ2n) is 6.76. The Labute approximate surface area is 167 Å². The fourth-order valence-corrected chi connectivity index (χ4v) is 4.12. The van der Waals surface area contributed by atoms with Gasteiger partial charge in [-0.3, -0.25) is 4.79 Å². The second-order valence-corrected chi connectivity index (χ2v) is 8.81. The molecule has 1 N–H and O–H groups in total. The van der Waals surface area contributed by atoms with Crippen molar-refractivity contribution in [2.75, 3.05) is 14.2 Å². The third-order valence-corrected chi connectivity index (χ3v) is 6.30. The molecular formula is C21H28N2O4S. The molecule has 0 aliphatic rings. The van der Waals surface area contributed by atoms with E-state index in [9.17, 15) is 13.2 Å². The number of amides is 1. The number of carbonyl (C=O) groups is 1. The van der Waals surface area contributed by atoms with Crippen LogP contribution in [0, 0.1) is 0 Å². The molecule has 6 nitrogen and oxygen atoms in total. The van der Waals surface area contributed by atoms with E-state index < -0.39 is 10.0 Å². The topological polar surface area (TPSA) is 75.7 Å². The van der Waals surface area contributed by atoms with Gasteiger partial charge in [0, 0.05) is 30.8 Å². The Morgan fingerprint density at radius 3 is 2.46 bits per heavy atom. The number of nitrogens with zero attached hydrogens (tertiary/aromatic N) is 1. The van der Waals surface area contributed by atoms with Crippen molar-refractivity contribution < 1.29 is 17.9 Å². The van der Waals surface area contributed by atoms with Crippen LogP contribution in [-0.4, -0.2) is 38.8 Å². The minimum absolute atomic E-state index is 0.0733. The molecule has 1 amide bonds. The molecule has 0 bridgehead atoms. The summed E-state index contributed by atoms with van der Waals surface area (Å²) in [7, 11) is -0.611. The predicted octanol–water partition coefficient (Wildman–Crippen LogP) is 3.43. The first-order chi connectivity index (χ1) is 13.3. The zero-order valence-corrected chi connectivity index (χ0v) is 17.6. The number of nitrogens with one attached hydrogen (secondary N) is 1. The summed E-state index contributed by atoms with van der Waals surface area (Å²) >= 11 is 0. The fraction of sp³-hybridized carbons (Fsp3) is 0.381. The van der Waals surface area contributed by atoms with Gasteiger partial charge in [0.2, 0.25) is 10.0 Å². The Balaban J connectivity index is 2.25. The fourth-order valence-electron chi connectivity index (χ4n) is 2.95. The first kappa shape index (κ1) is 21.9. The standard InChI is InChI=1S/C21H28N2O4S/c1-5-9-16(2)22-21(24)17-12-13-20(27-4)18(14-17)15-23(3)28(25,26)19-10-7-6-8-11-19/h6-8,10-14,16H,5,9,15H2,1-4H3,(H,22,24)/t16-/m1/s1. The Kier molecular flexibility index (Phi) is 7.60. The number of ether oxygens (including phenoxy) is 1. The average molecular weight is 405 g/mol. The molecule has 28 heavy (non-hydrogen) atoms. The molecule has 2 aromatic rings. The molecule has 1 atom stereocenters. The summed E-state index contributed by atoms with van der Waals surface area (Å²) in [4.78, 5) is 12.7. The van der Waals surface area contributed by atoms with Crippen LogP contribution in [0.3, 0.4) is 0 Å². The van der Waals surface area contributed by atoms with Crippen molar-refractivity contribution in [3.05, 3.63) is 59.7 Å². The number of hydrogen-bond donors (Lipinski definition) is 1. The predicted molar refractivity (Wildman–Crippen MR) is 110 cm³/mol. The maximum atomic E-state index is 12.8. The van der Waals surface area contributed by atoms with Crippen LogP contribution in [0.5, 0.6) is 5.75 Å². The van der Waals surface area contributed by atoms with Gasteiger partial charge in [0.05, 0.1) is 12.0 Å². The number of rotatable bonds is 9. The first-order valence-corrected chi connectivity index (χ1v) is 10.7. The van der Waals surface area contributed by atoms with E-state index in [1.807, 2.05) is 6.92 Å².